The Hall–Kier alpha value is -3.93. The Balaban J connectivity index is 1.58. The maximum absolute atomic E-state index is 13.7. The standard InChI is InChI=1S/C28H25FN2O3/c1-18(2)34-24-13-7-20(8-14-24)25-26(30-16-15-19-5-3-4-6-21(19)17-30)28(33)31(27(25)32)23-11-9-22(29)10-12-23/h3-14,18H,15-17H2,1-2H3. The van der Waals surface area contributed by atoms with Crippen molar-refractivity contribution in [3.05, 3.63) is 101 Å². The summed E-state index contributed by atoms with van der Waals surface area (Å²) < 4.78 is 19.3. The van der Waals surface area contributed by atoms with Crippen molar-refractivity contribution in [2.75, 3.05) is 11.4 Å². The van der Waals surface area contributed by atoms with Gasteiger partial charge in [-0.05, 0) is 73.4 Å². The molecule has 6 heteroatoms. The molecule has 0 fully saturated rings. The van der Waals surface area contributed by atoms with Gasteiger partial charge in [0.2, 0.25) is 0 Å². The van der Waals surface area contributed by atoms with E-state index in [-0.39, 0.29) is 6.10 Å². The third kappa shape index (κ3) is 3.96. The lowest BCUT2D eigenvalue weighted by Gasteiger charge is -2.31. The SMILES string of the molecule is CC(C)Oc1ccc(C2=C(N3CCc4ccccc4C3)C(=O)N(c3ccc(F)cc3)C2=O)cc1. The van der Waals surface area contributed by atoms with Crippen molar-refractivity contribution in [2.45, 2.75) is 32.9 Å². The van der Waals surface area contributed by atoms with E-state index in [0.717, 1.165) is 16.9 Å². The summed E-state index contributed by atoms with van der Waals surface area (Å²) in [4.78, 5) is 30.5. The Morgan fingerprint density at radius 2 is 1.53 bits per heavy atom. The van der Waals surface area contributed by atoms with Crippen LogP contribution in [-0.2, 0) is 22.6 Å². The fourth-order valence-corrected chi connectivity index (χ4v) is 4.56. The number of rotatable bonds is 5. The van der Waals surface area contributed by atoms with Gasteiger partial charge in [0.1, 0.15) is 17.3 Å². The third-order valence-corrected chi connectivity index (χ3v) is 6.11. The first-order valence-electron chi connectivity index (χ1n) is 11.4. The van der Waals surface area contributed by atoms with Gasteiger partial charge in [-0.2, -0.15) is 0 Å². The predicted molar refractivity (Wildman–Crippen MR) is 129 cm³/mol. The van der Waals surface area contributed by atoms with E-state index in [1.54, 1.807) is 0 Å². The van der Waals surface area contributed by atoms with Gasteiger partial charge in [-0.1, -0.05) is 36.4 Å². The van der Waals surface area contributed by atoms with E-state index in [9.17, 15) is 14.0 Å². The summed E-state index contributed by atoms with van der Waals surface area (Å²) in [7, 11) is 0. The molecule has 0 N–H and O–H groups in total. The fourth-order valence-electron chi connectivity index (χ4n) is 4.56. The highest BCUT2D eigenvalue weighted by Crippen LogP contribution is 2.37. The molecule has 0 saturated heterocycles. The zero-order chi connectivity index (χ0) is 23.8. The summed E-state index contributed by atoms with van der Waals surface area (Å²) >= 11 is 0. The molecule has 0 aromatic heterocycles. The average molecular weight is 457 g/mol. The number of hydrogen-bond acceptors (Lipinski definition) is 4. The molecule has 3 aromatic carbocycles. The number of nitrogens with zero attached hydrogens (tertiary/aromatic N) is 2. The average Bonchev–Trinajstić information content (AvgIpc) is 3.09. The number of halogens is 1. The molecular formula is C28H25FN2O3. The largest absolute Gasteiger partial charge is 0.491 e. The van der Waals surface area contributed by atoms with E-state index < -0.39 is 17.6 Å². The topological polar surface area (TPSA) is 49.9 Å². The molecule has 0 atom stereocenters. The van der Waals surface area contributed by atoms with E-state index in [4.69, 9.17) is 4.74 Å². The van der Waals surface area contributed by atoms with E-state index in [1.807, 2.05) is 55.1 Å². The van der Waals surface area contributed by atoms with Crippen molar-refractivity contribution < 1.29 is 18.7 Å². The number of benzene rings is 3. The molecule has 2 aliphatic heterocycles. The zero-order valence-electron chi connectivity index (χ0n) is 19.1. The minimum absolute atomic E-state index is 0.0257. The van der Waals surface area contributed by atoms with Crippen LogP contribution in [0.1, 0.15) is 30.5 Å². The lowest BCUT2D eigenvalue weighted by atomic mass is 9.98. The Morgan fingerprint density at radius 1 is 0.853 bits per heavy atom. The van der Waals surface area contributed by atoms with Crippen molar-refractivity contribution in [1.82, 2.24) is 4.90 Å². The van der Waals surface area contributed by atoms with Crippen LogP contribution in [-0.4, -0.2) is 29.4 Å². The second kappa shape index (κ2) is 8.78. The molecule has 0 saturated carbocycles. The fraction of sp³-hybridized carbons (Fsp3) is 0.214. The molecule has 0 spiro atoms. The predicted octanol–water partition coefficient (Wildman–Crippen LogP) is 4.96. The number of hydrogen-bond donors (Lipinski definition) is 0. The molecule has 34 heavy (non-hydrogen) atoms. The van der Waals surface area contributed by atoms with Crippen LogP contribution in [0.25, 0.3) is 5.57 Å². The minimum Gasteiger partial charge on any atom is -0.491 e. The van der Waals surface area contributed by atoms with Crippen molar-refractivity contribution in [3.8, 4) is 5.75 Å². The second-order valence-electron chi connectivity index (χ2n) is 8.78. The molecule has 2 aliphatic rings. The molecule has 5 rings (SSSR count). The van der Waals surface area contributed by atoms with Crippen LogP contribution in [0.3, 0.4) is 0 Å². The lowest BCUT2D eigenvalue weighted by Crippen LogP contribution is -2.37. The van der Waals surface area contributed by atoms with Gasteiger partial charge in [0, 0.05) is 13.1 Å². The van der Waals surface area contributed by atoms with Gasteiger partial charge in [-0.25, -0.2) is 9.29 Å². The van der Waals surface area contributed by atoms with Crippen molar-refractivity contribution in [1.29, 1.82) is 0 Å². The normalized spacial score (nSPS) is 15.9. The van der Waals surface area contributed by atoms with Crippen LogP contribution < -0.4 is 9.64 Å². The first-order valence-corrected chi connectivity index (χ1v) is 11.4. The van der Waals surface area contributed by atoms with E-state index in [2.05, 4.69) is 12.1 Å². The van der Waals surface area contributed by atoms with Gasteiger partial charge in [-0.15, -0.1) is 0 Å². The number of amides is 2. The minimum atomic E-state index is -0.426. The summed E-state index contributed by atoms with van der Waals surface area (Å²) in [6.45, 7) is 5.06. The molecule has 0 aliphatic carbocycles. The number of fused-ring (bicyclic) bond motifs is 1. The molecule has 2 heterocycles. The van der Waals surface area contributed by atoms with Crippen LogP contribution in [0.4, 0.5) is 10.1 Å². The van der Waals surface area contributed by atoms with Crippen molar-refractivity contribution in [2.24, 2.45) is 0 Å². The Kier molecular flexibility index (Phi) is 5.65. The summed E-state index contributed by atoms with van der Waals surface area (Å²) in [6.07, 6.45) is 0.810. The van der Waals surface area contributed by atoms with Gasteiger partial charge in [0.15, 0.2) is 0 Å². The van der Waals surface area contributed by atoms with Gasteiger partial charge < -0.3 is 9.64 Å². The van der Waals surface area contributed by atoms with Crippen LogP contribution in [0, 0.1) is 5.82 Å². The monoisotopic (exact) mass is 456 g/mol. The second-order valence-corrected chi connectivity index (χ2v) is 8.78. The number of imide groups is 1. The first-order chi connectivity index (χ1) is 16.4. The molecule has 0 radical (unpaired) electrons. The summed E-state index contributed by atoms with van der Waals surface area (Å²) in [5.41, 5.74) is 4.12. The molecular weight excluding hydrogens is 431 g/mol. The number of carbonyl (C=O) groups is 2. The van der Waals surface area contributed by atoms with Gasteiger partial charge in [-0.3, -0.25) is 9.59 Å². The van der Waals surface area contributed by atoms with E-state index in [1.165, 1.54) is 29.8 Å². The number of ether oxygens (including phenoxy) is 1. The van der Waals surface area contributed by atoms with Gasteiger partial charge >= 0.3 is 0 Å². The van der Waals surface area contributed by atoms with Crippen molar-refractivity contribution >= 4 is 23.1 Å². The quantitative estimate of drug-likeness (QED) is 0.510. The maximum atomic E-state index is 13.7. The van der Waals surface area contributed by atoms with E-state index >= 15 is 0 Å². The van der Waals surface area contributed by atoms with Gasteiger partial charge in [0.05, 0.1) is 17.4 Å². The van der Waals surface area contributed by atoms with Crippen LogP contribution in [0.15, 0.2) is 78.5 Å². The molecule has 3 aromatic rings. The Bertz CT molecular complexity index is 1280. The number of carbonyl (C=O) groups excluding carboxylic acids is 2. The molecule has 0 bridgehead atoms. The molecule has 5 nitrogen and oxygen atoms in total. The Morgan fingerprint density at radius 3 is 2.21 bits per heavy atom. The zero-order valence-corrected chi connectivity index (χ0v) is 19.1. The maximum Gasteiger partial charge on any atom is 0.282 e. The van der Waals surface area contributed by atoms with E-state index in [0.29, 0.717) is 41.4 Å². The highest BCUT2D eigenvalue weighted by atomic mass is 19.1. The van der Waals surface area contributed by atoms with Crippen LogP contribution >= 0.6 is 0 Å². The summed E-state index contributed by atoms with van der Waals surface area (Å²) in [5, 5.41) is 0. The Labute approximate surface area is 198 Å². The first kappa shape index (κ1) is 21.9. The summed E-state index contributed by atoms with van der Waals surface area (Å²) in [6, 6.07) is 20.8. The molecule has 0 unspecified atom stereocenters. The highest BCUT2D eigenvalue weighted by Gasteiger charge is 2.43. The van der Waals surface area contributed by atoms with Crippen molar-refractivity contribution in [3.63, 3.8) is 0 Å². The smallest absolute Gasteiger partial charge is 0.282 e. The number of anilines is 1. The third-order valence-electron chi connectivity index (χ3n) is 6.11. The lowest BCUT2D eigenvalue weighted by molar-refractivity contribution is -0.120. The van der Waals surface area contributed by atoms with Gasteiger partial charge in [0.25, 0.3) is 11.8 Å². The highest BCUT2D eigenvalue weighted by molar-refractivity contribution is 6.45. The molecule has 172 valence electrons. The van der Waals surface area contributed by atoms with Crippen LogP contribution in [0.5, 0.6) is 5.75 Å². The molecule has 2 amide bonds. The summed E-state index contributed by atoms with van der Waals surface area (Å²) in [5.74, 6) is -0.541. The van der Waals surface area contributed by atoms with Crippen LogP contribution in [0.2, 0.25) is 0 Å².